The van der Waals surface area contributed by atoms with Gasteiger partial charge in [-0.2, -0.15) is 0 Å². The first-order valence-corrected chi connectivity index (χ1v) is 8.01. The lowest BCUT2D eigenvalue weighted by atomic mass is 9.93. The number of likely N-dealkylation sites (tertiary alicyclic amines) is 1. The summed E-state index contributed by atoms with van der Waals surface area (Å²) in [6.45, 7) is 7.17. The minimum absolute atomic E-state index is 0.741. The molecule has 104 valence electrons. The molecule has 2 nitrogen and oxygen atoms in total. The van der Waals surface area contributed by atoms with Gasteiger partial charge < -0.3 is 5.32 Å². The molecule has 0 amide bonds. The average Bonchev–Trinajstić information content (AvgIpc) is 2.37. The van der Waals surface area contributed by atoms with Crippen LogP contribution in [0.15, 0.2) is 12.2 Å². The minimum Gasteiger partial charge on any atom is -0.317 e. The lowest BCUT2D eigenvalue weighted by Gasteiger charge is -2.37. The summed E-state index contributed by atoms with van der Waals surface area (Å²) in [4.78, 5) is 2.73. The Bertz CT molecular complexity index is 241. The number of piperidine rings is 1. The van der Waals surface area contributed by atoms with Crippen molar-refractivity contribution in [2.45, 2.75) is 57.9 Å². The summed E-state index contributed by atoms with van der Waals surface area (Å²) in [5, 5.41) is 3.50. The Morgan fingerprint density at radius 1 is 1.11 bits per heavy atom. The van der Waals surface area contributed by atoms with Gasteiger partial charge in [0.2, 0.25) is 0 Å². The predicted octanol–water partition coefficient (Wildman–Crippen LogP) is 3.20. The summed E-state index contributed by atoms with van der Waals surface area (Å²) in [7, 11) is 0. The predicted molar refractivity (Wildman–Crippen MR) is 78.9 cm³/mol. The van der Waals surface area contributed by atoms with Crippen LogP contribution in [0.1, 0.15) is 51.9 Å². The van der Waals surface area contributed by atoms with Gasteiger partial charge in [0.05, 0.1) is 0 Å². The topological polar surface area (TPSA) is 15.3 Å². The third kappa shape index (κ3) is 4.40. The molecule has 0 aromatic rings. The highest BCUT2D eigenvalue weighted by atomic mass is 15.2. The van der Waals surface area contributed by atoms with Gasteiger partial charge in [0, 0.05) is 6.04 Å². The van der Waals surface area contributed by atoms with Crippen molar-refractivity contribution in [1.29, 1.82) is 0 Å². The van der Waals surface area contributed by atoms with Gasteiger partial charge in [-0.05, 0) is 64.2 Å². The lowest BCUT2D eigenvalue weighted by Crippen LogP contribution is -2.42. The van der Waals surface area contributed by atoms with Crippen molar-refractivity contribution < 1.29 is 0 Å². The van der Waals surface area contributed by atoms with Crippen molar-refractivity contribution in [1.82, 2.24) is 10.2 Å². The zero-order valence-corrected chi connectivity index (χ0v) is 12.0. The van der Waals surface area contributed by atoms with Crippen LogP contribution in [0.4, 0.5) is 0 Å². The molecule has 1 aliphatic heterocycles. The summed E-state index contributed by atoms with van der Waals surface area (Å²) in [5.74, 6) is 0.915. The fourth-order valence-electron chi connectivity index (χ4n) is 3.28. The van der Waals surface area contributed by atoms with E-state index in [4.69, 9.17) is 0 Å². The first-order chi connectivity index (χ1) is 8.90. The van der Waals surface area contributed by atoms with Crippen LogP contribution in [-0.2, 0) is 0 Å². The quantitative estimate of drug-likeness (QED) is 0.771. The van der Waals surface area contributed by atoms with Gasteiger partial charge in [-0.15, -0.1) is 0 Å². The van der Waals surface area contributed by atoms with E-state index in [1.807, 2.05) is 0 Å². The van der Waals surface area contributed by atoms with E-state index in [-0.39, 0.29) is 0 Å². The van der Waals surface area contributed by atoms with Gasteiger partial charge in [0.25, 0.3) is 0 Å². The molecule has 0 bridgehead atoms. The van der Waals surface area contributed by atoms with Crippen LogP contribution in [0.3, 0.4) is 0 Å². The van der Waals surface area contributed by atoms with E-state index in [0.717, 1.165) is 18.5 Å². The van der Waals surface area contributed by atoms with Gasteiger partial charge >= 0.3 is 0 Å². The Balaban J connectivity index is 1.75. The second kappa shape index (κ2) is 7.96. The van der Waals surface area contributed by atoms with Crippen LogP contribution in [0.2, 0.25) is 0 Å². The molecule has 1 saturated heterocycles. The molecule has 2 aliphatic rings. The summed E-state index contributed by atoms with van der Waals surface area (Å²) < 4.78 is 0. The van der Waals surface area contributed by atoms with E-state index in [1.165, 1.54) is 64.6 Å². The number of rotatable bonds is 4. The van der Waals surface area contributed by atoms with Crippen molar-refractivity contribution in [3.8, 4) is 0 Å². The molecule has 1 N–H and O–H groups in total. The Kier molecular flexibility index (Phi) is 6.22. The highest BCUT2D eigenvalue weighted by molar-refractivity contribution is 4.97. The van der Waals surface area contributed by atoms with E-state index in [1.54, 1.807) is 0 Å². The number of hydrogen-bond donors (Lipinski definition) is 1. The van der Waals surface area contributed by atoms with Gasteiger partial charge in [-0.3, -0.25) is 4.90 Å². The zero-order valence-electron chi connectivity index (χ0n) is 12.0. The fraction of sp³-hybridized carbons (Fsp3) is 0.875. The third-order valence-corrected chi connectivity index (χ3v) is 4.53. The van der Waals surface area contributed by atoms with Crippen molar-refractivity contribution in [2.75, 3.05) is 26.2 Å². The second-order valence-corrected chi connectivity index (χ2v) is 5.92. The number of hydrogen-bond acceptors (Lipinski definition) is 2. The number of nitrogens with one attached hydrogen (secondary N) is 1. The molecule has 0 spiro atoms. The normalized spacial score (nSPS) is 29.7. The lowest BCUT2D eigenvalue weighted by molar-refractivity contribution is 0.146. The van der Waals surface area contributed by atoms with Crippen LogP contribution in [0.25, 0.3) is 0 Å². The Labute approximate surface area is 113 Å². The molecule has 0 radical (unpaired) electrons. The van der Waals surface area contributed by atoms with E-state index in [2.05, 4.69) is 29.3 Å². The fourth-order valence-corrected chi connectivity index (χ4v) is 3.28. The largest absolute Gasteiger partial charge is 0.317 e. The highest BCUT2D eigenvalue weighted by Gasteiger charge is 2.23. The molecule has 1 fully saturated rings. The Hall–Kier alpha value is -0.340. The molecule has 2 heteroatoms. The molecule has 2 rings (SSSR count). The summed E-state index contributed by atoms with van der Waals surface area (Å²) in [6.07, 6.45) is 14.6. The molecule has 1 unspecified atom stereocenters. The van der Waals surface area contributed by atoms with Gasteiger partial charge in [0.1, 0.15) is 0 Å². The Morgan fingerprint density at radius 3 is 2.72 bits per heavy atom. The minimum atomic E-state index is 0.741. The standard InChI is InChI=1S/C16H30N2/c1-2-17-14-15-10-12-18(13-11-15)16-8-6-4-3-5-7-9-16/h6,8,15-17H,2-5,7,9-14H2,1H3/b8-6+. The van der Waals surface area contributed by atoms with Gasteiger partial charge in [-0.1, -0.05) is 31.9 Å². The molecule has 0 aromatic carbocycles. The van der Waals surface area contributed by atoms with Crippen LogP contribution in [0.5, 0.6) is 0 Å². The van der Waals surface area contributed by atoms with Crippen molar-refractivity contribution in [3.63, 3.8) is 0 Å². The maximum Gasteiger partial charge on any atom is 0.0278 e. The van der Waals surface area contributed by atoms with Crippen molar-refractivity contribution in [2.24, 2.45) is 5.92 Å². The van der Waals surface area contributed by atoms with E-state index < -0.39 is 0 Å². The van der Waals surface area contributed by atoms with E-state index in [9.17, 15) is 0 Å². The van der Waals surface area contributed by atoms with Crippen LogP contribution in [-0.4, -0.2) is 37.1 Å². The molecule has 18 heavy (non-hydrogen) atoms. The van der Waals surface area contributed by atoms with Crippen molar-refractivity contribution in [3.05, 3.63) is 12.2 Å². The SMILES string of the molecule is CCNCC1CCN(C2/C=C/CCCCC2)CC1. The van der Waals surface area contributed by atoms with E-state index in [0.29, 0.717) is 0 Å². The summed E-state index contributed by atoms with van der Waals surface area (Å²) >= 11 is 0. The van der Waals surface area contributed by atoms with Gasteiger partial charge in [-0.25, -0.2) is 0 Å². The van der Waals surface area contributed by atoms with Crippen molar-refractivity contribution >= 4 is 0 Å². The average molecular weight is 250 g/mol. The first kappa shape index (κ1) is 14.1. The summed E-state index contributed by atoms with van der Waals surface area (Å²) in [6, 6.07) is 0.741. The summed E-state index contributed by atoms with van der Waals surface area (Å²) in [5.41, 5.74) is 0. The maximum absolute atomic E-state index is 3.50. The monoisotopic (exact) mass is 250 g/mol. The third-order valence-electron chi connectivity index (χ3n) is 4.53. The number of allylic oxidation sites excluding steroid dienone is 1. The maximum atomic E-state index is 3.50. The highest BCUT2D eigenvalue weighted by Crippen LogP contribution is 2.23. The van der Waals surface area contributed by atoms with Crippen LogP contribution in [0, 0.1) is 5.92 Å². The smallest absolute Gasteiger partial charge is 0.0278 e. The zero-order chi connectivity index (χ0) is 12.6. The molecule has 0 saturated carbocycles. The van der Waals surface area contributed by atoms with Crippen LogP contribution >= 0.6 is 0 Å². The van der Waals surface area contributed by atoms with Crippen LogP contribution < -0.4 is 5.32 Å². The molecule has 1 atom stereocenters. The number of nitrogens with zero attached hydrogens (tertiary/aromatic N) is 1. The molecular formula is C16H30N2. The molecule has 0 aromatic heterocycles. The molecular weight excluding hydrogens is 220 g/mol. The first-order valence-electron chi connectivity index (χ1n) is 8.01. The van der Waals surface area contributed by atoms with Gasteiger partial charge in [0.15, 0.2) is 0 Å². The molecule has 1 aliphatic carbocycles. The van der Waals surface area contributed by atoms with E-state index >= 15 is 0 Å². The molecule has 1 heterocycles. The second-order valence-electron chi connectivity index (χ2n) is 5.92. The Morgan fingerprint density at radius 2 is 1.94 bits per heavy atom.